The number of nitrogens with zero attached hydrogens (tertiary/aromatic N) is 2. The molecule has 2 amide bonds. The number of ether oxygens (including phenoxy) is 3. The van der Waals surface area contributed by atoms with E-state index in [9.17, 15) is 23.3 Å². The summed E-state index contributed by atoms with van der Waals surface area (Å²) < 4.78 is 70.2. The number of ketones is 2. The summed E-state index contributed by atoms with van der Waals surface area (Å²) in [6.07, 6.45) is 2.46. The number of aromatic nitrogens is 1. The molecule has 1 aromatic heterocycles. The maximum atomic E-state index is 15.4. The van der Waals surface area contributed by atoms with Crippen LogP contribution >= 0.6 is 7.60 Å². The summed E-state index contributed by atoms with van der Waals surface area (Å²) >= 11 is 0. The summed E-state index contributed by atoms with van der Waals surface area (Å²) in [7, 11) is -2.06. The fourth-order valence-electron chi connectivity index (χ4n) is 6.15. The molecule has 0 unspecified atom stereocenters. The minimum Gasteiger partial charge on any atom is -0.493 e. The molecule has 0 radical (unpaired) electrons. The Hall–Kier alpha value is -4.91. The number of halogens is 2. The van der Waals surface area contributed by atoms with Crippen molar-refractivity contribution < 1.29 is 51.0 Å². The second kappa shape index (κ2) is 18.6. The molecule has 1 N–H and O–H groups in total. The van der Waals surface area contributed by atoms with Gasteiger partial charge in [0.2, 0.25) is 0 Å². The third-order valence-corrected chi connectivity index (χ3v) is 11.1. The lowest BCUT2D eigenvalue weighted by molar-refractivity contribution is -0.133. The zero-order valence-electron chi connectivity index (χ0n) is 31.4. The van der Waals surface area contributed by atoms with E-state index in [2.05, 4.69) is 10.3 Å². The Labute approximate surface area is 319 Å². The zero-order chi connectivity index (χ0) is 39.6. The minimum absolute atomic E-state index is 0.0269. The zero-order valence-corrected chi connectivity index (χ0v) is 32.3. The Balaban J connectivity index is 1.23. The fraction of sp³-hybridized carbons (Fsp3) is 0.400. The Morgan fingerprint density at radius 2 is 1.53 bits per heavy atom. The molecule has 0 saturated heterocycles. The molecule has 0 bridgehead atoms. The second-order valence-corrected chi connectivity index (χ2v) is 15.0. The van der Waals surface area contributed by atoms with Crippen LogP contribution in [0, 0.1) is 17.0 Å². The predicted molar refractivity (Wildman–Crippen MR) is 202 cm³/mol. The lowest BCUT2D eigenvalue weighted by atomic mass is 9.88. The molecule has 1 aliphatic rings. The number of urea groups is 1. The van der Waals surface area contributed by atoms with Crippen molar-refractivity contribution in [2.75, 3.05) is 46.3 Å². The van der Waals surface area contributed by atoms with Gasteiger partial charge in [-0.1, -0.05) is 18.2 Å². The number of nitrogens with one attached hydrogen (secondary N) is 1. The highest BCUT2D eigenvalue weighted by atomic mass is 31.2. The molecule has 0 aliphatic heterocycles. The molecule has 1 fully saturated rings. The van der Waals surface area contributed by atoms with E-state index in [0.29, 0.717) is 65.1 Å². The first-order valence-electron chi connectivity index (χ1n) is 18.2. The first-order valence-corrected chi connectivity index (χ1v) is 19.9. The van der Waals surface area contributed by atoms with Gasteiger partial charge in [-0.15, -0.1) is 0 Å². The number of rotatable bonds is 21. The summed E-state index contributed by atoms with van der Waals surface area (Å²) in [4.78, 5) is 44.9. The molecule has 1 saturated carbocycles. The van der Waals surface area contributed by atoms with E-state index in [1.165, 1.54) is 54.6 Å². The van der Waals surface area contributed by atoms with Gasteiger partial charge in [0.1, 0.15) is 17.9 Å². The van der Waals surface area contributed by atoms with Crippen LogP contribution in [0.5, 0.6) is 23.0 Å². The van der Waals surface area contributed by atoms with Gasteiger partial charge < -0.3 is 33.5 Å². The first-order chi connectivity index (χ1) is 26.4. The number of hydrogen-bond donors (Lipinski definition) is 1. The van der Waals surface area contributed by atoms with E-state index in [-0.39, 0.29) is 62.8 Å². The van der Waals surface area contributed by atoms with E-state index >= 15 is 4.39 Å². The van der Waals surface area contributed by atoms with Gasteiger partial charge in [0, 0.05) is 43.6 Å². The number of benzene rings is 3. The normalized spacial score (nSPS) is 13.3. The summed E-state index contributed by atoms with van der Waals surface area (Å²) in [6.45, 7) is 6.29. The van der Waals surface area contributed by atoms with Crippen molar-refractivity contribution in [2.45, 2.75) is 52.9 Å². The van der Waals surface area contributed by atoms with Crippen LogP contribution in [0.2, 0.25) is 0 Å². The predicted octanol–water partition coefficient (Wildman–Crippen LogP) is 8.04. The van der Waals surface area contributed by atoms with E-state index in [0.717, 1.165) is 0 Å². The Kier molecular flexibility index (Phi) is 14.0. The molecule has 15 heteroatoms. The van der Waals surface area contributed by atoms with Crippen LogP contribution in [0.1, 0.15) is 51.2 Å². The molecule has 0 spiro atoms. The number of carbonyl (C=O) groups excluding carboxylic acids is 3. The van der Waals surface area contributed by atoms with Crippen molar-refractivity contribution >= 4 is 36.1 Å². The van der Waals surface area contributed by atoms with Crippen molar-refractivity contribution in [3.63, 3.8) is 0 Å². The number of methoxy groups -OCH3 is 1. The van der Waals surface area contributed by atoms with Gasteiger partial charge in [0.15, 0.2) is 34.6 Å². The highest BCUT2D eigenvalue weighted by Gasteiger charge is 2.54. The summed E-state index contributed by atoms with van der Waals surface area (Å²) in [6, 6.07) is 14.4. The molecule has 4 aromatic rings. The van der Waals surface area contributed by atoms with E-state index in [4.69, 9.17) is 23.3 Å². The molecule has 5 rings (SSSR count). The van der Waals surface area contributed by atoms with Gasteiger partial charge in [-0.05, 0) is 87.6 Å². The molecule has 1 aliphatic carbocycles. The minimum atomic E-state index is -3.53. The summed E-state index contributed by atoms with van der Waals surface area (Å²) in [5, 5.41) is 3.24. The first kappa shape index (κ1) is 41.3. The fourth-order valence-corrected chi connectivity index (χ4v) is 7.87. The maximum absolute atomic E-state index is 15.4. The van der Waals surface area contributed by atoms with Crippen molar-refractivity contribution in [1.29, 1.82) is 0 Å². The van der Waals surface area contributed by atoms with Gasteiger partial charge in [-0.2, -0.15) is 0 Å². The van der Waals surface area contributed by atoms with Gasteiger partial charge in [0.05, 0.1) is 37.9 Å². The van der Waals surface area contributed by atoms with Crippen LogP contribution in [0.4, 0.5) is 13.6 Å². The Morgan fingerprint density at radius 1 is 0.855 bits per heavy atom. The van der Waals surface area contributed by atoms with E-state index in [1.54, 1.807) is 45.0 Å². The van der Waals surface area contributed by atoms with Crippen LogP contribution in [0.15, 0.2) is 66.9 Å². The average molecular weight is 782 g/mol. The third kappa shape index (κ3) is 10.4. The van der Waals surface area contributed by atoms with Gasteiger partial charge >= 0.3 is 13.6 Å². The van der Waals surface area contributed by atoms with Crippen molar-refractivity contribution in [1.82, 2.24) is 15.2 Å². The van der Waals surface area contributed by atoms with Crippen molar-refractivity contribution in [2.24, 2.45) is 5.41 Å². The number of amides is 2. The highest BCUT2D eigenvalue weighted by Crippen LogP contribution is 2.49. The summed E-state index contributed by atoms with van der Waals surface area (Å²) in [5.74, 6) is -0.623. The maximum Gasteiger partial charge on any atom is 0.349 e. The van der Waals surface area contributed by atoms with Crippen molar-refractivity contribution in [3.05, 3.63) is 89.6 Å². The number of Topliss-reactive ketones (excluding diaryl/α,β-unsaturated/α-hetero) is 2. The quantitative estimate of drug-likeness (QED) is 0.0502. The summed E-state index contributed by atoms with van der Waals surface area (Å²) in [5.41, 5.74) is 0.425. The van der Waals surface area contributed by atoms with Crippen LogP contribution in [0.3, 0.4) is 0 Å². The molecule has 12 nitrogen and oxygen atoms in total. The topological polar surface area (TPSA) is 143 Å². The SMILES string of the molecule is CCNC(=O)N(CCCOc1cc2nccc(Oc3ccc(CC(=O)C4(C(=O)Cc5ccc(F)cc5)CC4)cc3F)c2cc1OC)CP(=O)(OCC)OCC. The van der Waals surface area contributed by atoms with Crippen molar-refractivity contribution in [3.8, 4) is 23.0 Å². The number of pyridine rings is 1. The number of hydrogen-bond acceptors (Lipinski definition) is 10. The van der Waals surface area contributed by atoms with Gasteiger partial charge in [0.25, 0.3) is 0 Å². The molecule has 3 aromatic carbocycles. The molecule has 55 heavy (non-hydrogen) atoms. The third-order valence-electron chi connectivity index (χ3n) is 9.10. The van der Waals surface area contributed by atoms with E-state index < -0.39 is 30.7 Å². The highest BCUT2D eigenvalue weighted by molar-refractivity contribution is 7.53. The second-order valence-electron chi connectivity index (χ2n) is 13.0. The Morgan fingerprint density at radius 3 is 2.15 bits per heavy atom. The standard InChI is InChI=1S/C40H46F2N3O9P/c1-5-43-39(48)45(26-55(49,52-6-2)53-7-3)19-8-20-51-36-25-32-30(24-35(36)50-4)33(15-18-44-32)54-34-14-11-28(21-31(34)42)23-38(47)40(16-17-40)37(46)22-27-9-12-29(41)13-10-27/h9-15,18,21,24-25H,5-8,16-17,19-20,22-23,26H2,1-4H3,(H,43,48). The van der Waals surface area contributed by atoms with Crippen LogP contribution < -0.4 is 19.5 Å². The van der Waals surface area contributed by atoms with Gasteiger partial charge in [-0.3, -0.25) is 19.1 Å². The molecular weight excluding hydrogens is 735 g/mol. The van der Waals surface area contributed by atoms with E-state index in [1.807, 2.05) is 0 Å². The number of fused-ring (bicyclic) bond motifs is 1. The number of carbonyl (C=O) groups is 3. The molecular formula is C40H46F2N3O9P. The molecule has 0 atom stereocenters. The molecule has 294 valence electrons. The van der Waals surface area contributed by atoms with Crippen LogP contribution in [-0.2, 0) is 36.0 Å². The van der Waals surface area contributed by atoms with Crippen LogP contribution in [-0.4, -0.2) is 73.8 Å². The average Bonchev–Trinajstić information content (AvgIpc) is 3.98. The lowest BCUT2D eigenvalue weighted by Crippen LogP contribution is -2.41. The molecule has 1 heterocycles. The lowest BCUT2D eigenvalue weighted by Gasteiger charge is -2.27. The smallest absolute Gasteiger partial charge is 0.349 e. The monoisotopic (exact) mass is 781 g/mol. The van der Waals surface area contributed by atoms with Gasteiger partial charge in [-0.25, -0.2) is 13.6 Å². The Bertz CT molecular complexity index is 2030. The largest absolute Gasteiger partial charge is 0.493 e. The van der Waals surface area contributed by atoms with Crippen LogP contribution in [0.25, 0.3) is 10.9 Å².